The average molecular weight is 159 g/mol. The second-order valence-corrected chi connectivity index (χ2v) is 2.46. The van der Waals surface area contributed by atoms with Crippen molar-refractivity contribution in [3.05, 3.63) is 40.3 Å². The molecule has 0 atom stereocenters. The van der Waals surface area contributed by atoms with E-state index in [1.165, 1.54) is 5.56 Å². The van der Waals surface area contributed by atoms with Gasteiger partial charge in [-0.15, -0.1) is 4.91 Å². The van der Waals surface area contributed by atoms with E-state index in [1.807, 2.05) is 31.2 Å². The molecule has 0 aliphatic carbocycles. The van der Waals surface area contributed by atoms with Gasteiger partial charge in [-0.2, -0.15) is 0 Å². The molecule has 0 saturated heterocycles. The van der Waals surface area contributed by atoms with Gasteiger partial charge < -0.3 is 0 Å². The fourth-order valence-electron chi connectivity index (χ4n) is 0.897. The molecule has 0 saturated carbocycles. The molecule has 0 heterocycles. The minimum atomic E-state index is 0.0634. The van der Waals surface area contributed by atoms with Crippen LogP contribution in [0.2, 0.25) is 0 Å². The summed E-state index contributed by atoms with van der Waals surface area (Å²) in [5.74, 6) is 5.49. The van der Waals surface area contributed by atoms with Gasteiger partial charge in [0, 0.05) is 5.56 Å². The summed E-state index contributed by atoms with van der Waals surface area (Å²) in [6.07, 6.45) is 0. The molecular weight excluding hydrogens is 150 g/mol. The lowest BCUT2D eigenvalue weighted by Gasteiger charge is -1.91. The summed E-state index contributed by atoms with van der Waals surface area (Å²) in [5.41, 5.74) is 2.10. The van der Waals surface area contributed by atoms with Crippen LogP contribution in [0.1, 0.15) is 11.1 Å². The van der Waals surface area contributed by atoms with Crippen LogP contribution in [0.25, 0.3) is 0 Å². The minimum Gasteiger partial charge on any atom is -0.150 e. The number of rotatable bonds is 1. The van der Waals surface area contributed by atoms with E-state index in [0.717, 1.165) is 5.56 Å². The van der Waals surface area contributed by atoms with E-state index < -0.39 is 0 Å². The fourth-order valence-corrected chi connectivity index (χ4v) is 0.897. The van der Waals surface area contributed by atoms with E-state index in [-0.39, 0.29) is 6.54 Å². The number of benzene rings is 1. The lowest BCUT2D eigenvalue weighted by Crippen LogP contribution is -1.76. The quantitative estimate of drug-likeness (QED) is 0.456. The Morgan fingerprint density at radius 3 is 3.00 bits per heavy atom. The van der Waals surface area contributed by atoms with E-state index in [2.05, 4.69) is 17.0 Å². The molecule has 1 aromatic rings. The van der Waals surface area contributed by atoms with Crippen LogP contribution in [0.3, 0.4) is 0 Å². The summed E-state index contributed by atoms with van der Waals surface area (Å²) in [4.78, 5) is 9.71. The number of nitroso groups, excluding NO2 is 1. The Morgan fingerprint density at radius 1 is 1.50 bits per heavy atom. The molecule has 1 aromatic carbocycles. The molecular formula is C10H9NO. The molecule has 0 unspecified atom stereocenters. The molecule has 0 spiro atoms. The van der Waals surface area contributed by atoms with Crippen molar-refractivity contribution in [3.63, 3.8) is 0 Å². The molecule has 60 valence electrons. The molecule has 0 radical (unpaired) electrons. The third-order valence-corrected chi connectivity index (χ3v) is 1.39. The molecule has 1 rings (SSSR count). The van der Waals surface area contributed by atoms with E-state index in [0.29, 0.717) is 0 Å². The summed E-state index contributed by atoms with van der Waals surface area (Å²) < 4.78 is 0. The fraction of sp³-hybridized carbons (Fsp3) is 0.200. The highest BCUT2D eigenvalue weighted by Gasteiger charge is 1.85. The van der Waals surface area contributed by atoms with E-state index in [9.17, 15) is 4.91 Å². The standard InChI is InChI=1S/C10H9NO/c1-9-4-2-5-10(8-9)6-3-7-11-12/h2,4-5,8H,7H2,1H3. The van der Waals surface area contributed by atoms with Crippen molar-refractivity contribution in [2.24, 2.45) is 5.18 Å². The SMILES string of the molecule is Cc1cccc(C#CCN=O)c1. The van der Waals surface area contributed by atoms with Gasteiger partial charge in [-0.1, -0.05) is 29.2 Å². The number of aryl methyl sites for hydroxylation is 1. The molecule has 0 N–H and O–H groups in total. The predicted octanol–water partition coefficient (Wildman–Crippen LogP) is 2.11. The number of nitrogens with zero attached hydrogens (tertiary/aromatic N) is 1. The molecule has 0 aliphatic rings. The van der Waals surface area contributed by atoms with E-state index >= 15 is 0 Å². The van der Waals surface area contributed by atoms with Crippen LogP contribution >= 0.6 is 0 Å². The average Bonchev–Trinajstić information content (AvgIpc) is 2.05. The molecule has 12 heavy (non-hydrogen) atoms. The zero-order valence-corrected chi connectivity index (χ0v) is 6.87. The Kier molecular flexibility index (Phi) is 3.04. The van der Waals surface area contributed by atoms with Gasteiger partial charge in [0.1, 0.15) is 6.54 Å². The molecule has 0 fully saturated rings. The van der Waals surface area contributed by atoms with Crippen LogP contribution in [0, 0.1) is 23.7 Å². The first-order valence-corrected chi connectivity index (χ1v) is 3.67. The second-order valence-electron chi connectivity index (χ2n) is 2.46. The zero-order valence-electron chi connectivity index (χ0n) is 6.87. The largest absolute Gasteiger partial charge is 0.150 e. The lowest BCUT2D eigenvalue weighted by atomic mass is 10.1. The summed E-state index contributed by atoms with van der Waals surface area (Å²) in [7, 11) is 0. The highest BCUT2D eigenvalue weighted by atomic mass is 16.3. The van der Waals surface area contributed by atoms with Gasteiger partial charge in [-0.3, -0.25) is 0 Å². The van der Waals surface area contributed by atoms with Crippen molar-refractivity contribution in [2.45, 2.75) is 6.92 Å². The van der Waals surface area contributed by atoms with Gasteiger partial charge in [0.15, 0.2) is 0 Å². The molecule has 0 amide bonds. The van der Waals surface area contributed by atoms with Gasteiger partial charge in [0.05, 0.1) is 0 Å². The third kappa shape index (κ3) is 2.55. The summed E-state index contributed by atoms with van der Waals surface area (Å²) in [6, 6.07) is 7.82. The van der Waals surface area contributed by atoms with Crippen LogP contribution in [-0.4, -0.2) is 6.54 Å². The van der Waals surface area contributed by atoms with E-state index in [1.54, 1.807) is 0 Å². The van der Waals surface area contributed by atoms with Crippen LogP contribution in [0.5, 0.6) is 0 Å². The highest BCUT2D eigenvalue weighted by Crippen LogP contribution is 2.01. The molecule has 2 nitrogen and oxygen atoms in total. The monoisotopic (exact) mass is 159 g/mol. The Labute approximate surface area is 71.6 Å². The van der Waals surface area contributed by atoms with Gasteiger partial charge in [-0.25, -0.2) is 0 Å². The van der Waals surface area contributed by atoms with Crippen LogP contribution < -0.4 is 0 Å². The topological polar surface area (TPSA) is 29.4 Å². The summed E-state index contributed by atoms with van der Waals surface area (Å²) in [5, 5.41) is 2.65. The van der Waals surface area contributed by atoms with Gasteiger partial charge in [0.25, 0.3) is 0 Å². The maximum Gasteiger partial charge on any atom is 0.142 e. The summed E-state index contributed by atoms with van der Waals surface area (Å²) >= 11 is 0. The van der Waals surface area contributed by atoms with Gasteiger partial charge >= 0.3 is 0 Å². The van der Waals surface area contributed by atoms with Gasteiger partial charge in [-0.05, 0) is 24.6 Å². The number of hydrogen-bond donors (Lipinski definition) is 0. The van der Waals surface area contributed by atoms with Crippen molar-refractivity contribution < 1.29 is 0 Å². The Morgan fingerprint density at radius 2 is 2.33 bits per heavy atom. The Bertz CT molecular complexity index is 333. The molecule has 2 heteroatoms. The molecule has 0 bridgehead atoms. The van der Waals surface area contributed by atoms with Crippen LogP contribution in [0.15, 0.2) is 29.4 Å². The van der Waals surface area contributed by atoms with Crippen molar-refractivity contribution >= 4 is 0 Å². The Balaban J connectivity index is 2.77. The summed E-state index contributed by atoms with van der Waals surface area (Å²) in [6.45, 7) is 2.07. The first-order valence-electron chi connectivity index (χ1n) is 3.67. The zero-order chi connectivity index (χ0) is 8.81. The van der Waals surface area contributed by atoms with Crippen LogP contribution in [0.4, 0.5) is 0 Å². The maximum absolute atomic E-state index is 9.71. The number of hydrogen-bond acceptors (Lipinski definition) is 2. The van der Waals surface area contributed by atoms with Gasteiger partial charge in [0.2, 0.25) is 0 Å². The second kappa shape index (κ2) is 4.30. The first-order chi connectivity index (χ1) is 5.83. The highest BCUT2D eigenvalue weighted by molar-refractivity contribution is 5.36. The smallest absolute Gasteiger partial charge is 0.142 e. The Hall–Kier alpha value is -1.62. The van der Waals surface area contributed by atoms with Crippen molar-refractivity contribution in [2.75, 3.05) is 6.54 Å². The minimum absolute atomic E-state index is 0.0634. The normalized spacial score (nSPS) is 8.42. The third-order valence-electron chi connectivity index (χ3n) is 1.39. The van der Waals surface area contributed by atoms with Crippen LogP contribution in [-0.2, 0) is 0 Å². The molecule has 0 aliphatic heterocycles. The van der Waals surface area contributed by atoms with Crippen molar-refractivity contribution in [1.29, 1.82) is 0 Å². The van der Waals surface area contributed by atoms with Crippen molar-refractivity contribution in [3.8, 4) is 11.8 Å². The maximum atomic E-state index is 9.71. The first kappa shape index (κ1) is 8.48. The molecule has 0 aromatic heterocycles. The van der Waals surface area contributed by atoms with Crippen molar-refractivity contribution in [1.82, 2.24) is 0 Å². The lowest BCUT2D eigenvalue weighted by molar-refractivity contribution is 1.26. The predicted molar refractivity (Wildman–Crippen MR) is 48.7 cm³/mol. The van der Waals surface area contributed by atoms with E-state index in [4.69, 9.17) is 0 Å².